The maximum atomic E-state index is 14.4. The average molecular weight is 611 g/mol. The molecule has 2 atom stereocenters. The van der Waals surface area contributed by atoms with E-state index in [1.54, 1.807) is 30.5 Å². The topological polar surface area (TPSA) is 108 Å². The molecule has 4 aliphatic rings. The minimum Gasteiger partial charge on any atom is -0.318 e. The molecule has 0 aromatic heterocycles. The van der Waals surface area contributed by atoms with Crippen molar-refractivity contribution in [3.63, 3.8) is 0 Å². The van der Waals surface area contributed by atoms with Crippen LogP contribution in [0.3, 0.4) is 0 Å². The molecule has 46 heavy (non-hydrogen) atoms. The van der Waals surface area contributed by atoms with Crippen LogP contribution in [-0.4, -0.2) is 29.8 Å². The fourth-order valence-corrected chi connectivity index (χ4v) is 7.57. The van der Waals surface area contributed by atoms with Gasteiger partial charge in [0.25, 0.3) is 0 Å². The first kappa shape index (κ1) is 29.3. The van der Waals surface area contributed by atoms with Crippen LogP contribution in [0.2, 0.25) is 0 Å². The molecule has 8 heteroatoms. The van der Waals surface area contributed by atoms with Crippen molar-refractivity contribution in [3.8, 4) is 0 Å². The van der Waals surface area contributed by atoms with E-state index >= 15 is 0 Å². The Morgan fingerprint density at radius 1 is 0.826 bits per heavy atom. The van der Waals surface area contributed by atoms with Gasteiger partial charge in [-0.25, -0.2) is 10.3 Å². The van der Waals surface area contributed by atoms with Gasteiger partial charge in [-0.2, -0.15) is 5.10 Å². The Bertz CT molecular complexity index is 1850. The number of imide groups is 1. The zero-order valence-corrected chi connectivity index (χ0v) is 25.7. The van der Waals surface area contributed by atoms with Gasteiger partial charge in [-0.05, 0) is 71.8 Å². The zero-order chi connectivity index (χ0) is 32.0. The second kappa shape index (κ2) is 11.5. The van der Waals surface area contributed by atoms with Gasteiger partial charge in [0, 0.05) is 17.8 Å². The van der Waals surface area contributed by atoms with Crippen molar-refractivity contribution in [2.24, 2.45) is 16.9 Å². The number of unbranched alkanes of at least 4 members (excludes halogenated alkanes) is 1. The van der Waals surface area contributed by atoms with Gasteiger partial charge in [0.05, 0.1) is 22.9 Å². The molecule has 8 nitrogen and oxygen atoms in total. The van der Waals surface area contributed by atoms with Crippen molar-refractivity contribution in [2.75, 3.05) is 10.2 Å². The molecule has 1 heterocycles. The first-order valence-electron chi connectivity index (χ1n) is 15.7. The largest absolute Gasteiger partial charge is 0.329 e. The van der Waals surface area contributed by atoms with Gasteiger partial charge in [-0.1, -0.05) is 91.7 Å². The number of nitrogens with one attached hydrogen (secondary N) is 2. The summed E-state index contributed by atoms with van der Waals surface area (Å²) in [4.78, 5) is 55.7. The fraction of sp³-hybridized carbons (Fsp3) is 0.237. The summed E-state index contributed by atoms with van der Waals surface area (Å²) < 4.78 is 0. The van der Waals surface area contributed by atoms with E-state index in [9.17, 15) is 19.2 Å². The predicted molar refractivity (Wildman–Crippen MR) is 176 cm³/mol. The third-order valence-corrected chi connectivity index (χ3v) is 9.65. The van der Waals surface area contributed by atoms with E-state index in [2.05, 4.69) is 22.8 Å². The van der Waals surface area contributed by atoms with Crippen molar-refractivity contribution in [1.82, 2.24) is 5.43 Å². The quantitative estimate of drug-likeness (QED) is 0.122. The Hall–Kier alpha value is -5.37. The molecule has 8 rings (SSSR count). The number of carbonyl (C=O) groups excluding carboxylic acids is 4. The van der Waals surface area contributed by atoms with E-state index in [1.807, 2.05) is 79.7 Å². The number of hydrogen-bond acceptors (Lipinski definition) is 5. The molecule has 1 fully saturated rings. The van der Waals surface area contributed by atoms with Gasteiger partial charge in [-0.15, -0.1) is 0 Å². The Morgan fingerprint density at radius 2 is 1.46 bits per heavy atom. The first-order chi connectivity index (χ1) is 22.3. The standard InChI is InChI=1S/C38H34N4O4/c1-3-4-9-24-16-18-25(19-17-24)40-34(43)35(44)41-39-22-38-29-12-7-5-10-27(29)31(28-11-6-8-13-30(28)38)32-33(38)37(46)42(36(32)45)26-20-14-23(2)15-21-26/h5-8,10-22,31-33H,3-4,9H2,1-2H3,(H,40,43)(H,41,44)/b39-22-/t31?,32-,33-,38?/m0/s1. The lowest BCUT2D eigenvalue weighted by Crippen LogP contribution is -2.54. The van der Waals surface area contributed by atoms with Crippen molar-refractivity contribution in [1.29, 1.82) is 0 Å². The molecule has 4 aromatic rings. The maximum Gasteiger partial charge on any atom is 0.329 e. The van der Waals surface area contributed by atoms with Crippen molar-refractivity contribution in [3.05, 3.63) is 130 Å². The lowest BCUT2D eigenvalue weighted by atomic mass is 9.47. The summed E-state index contributed by atoms with van der Waals surface area (Å²) in [5.74, 6) is -4.14. The molecule has 230 valence electrons. The number of anilines is 2. The summed E-state index contributed by atoms with van der Waals surface area (Å²) in [7, 11) is 0. The molecule has 2 N–H and O–H groups in total. The van der Waals surface area contributed by atoms with E-state index in [0.717, 1.165) is 52.6 Å². The molecule has 0 unspecified atom stereocenters. The highest BCUT2D eigenvalue weighted by Gasteiger charge is 2.68. The van der Waals surface area contributed by atoms with E-state index in [-0.39, 0.29) is 17.7 Å². The summed E-state index contributed by atoms with van der Waals surface area (Å²) in [6.45, 7) is 4.09. The van der Waals surface area contributed by atoms with Crippen molar-refractivity contribution in [2.45, 2.75) is 44.4 Å². The molecule has 0 saturated carbocycles. The second-order valence-electron chi connectivity index (χ2n) is 12.3. The summed E-state index contributed by atoms with van der Waals surface area (Å²) in [6, 6.07) is 30.4. The number of nitrogens with zero attached hydrogens (tertiary/aromatic N) is 2. The summed E-state index contributed by atoms with van der Waals surface area (Å²) >= 11 is 0. The van der Waals surface area contributed by atoms with E-state index in [1.165, 1.54) is 4.90 Å². The first-order valence-corrected chi connectivity index (χ1v) is 15.7. The van der Waals surface area contributed by atoms with Gasteiger partial charge in [0.15, 0.2) is 0 Å². The van der Waals surface area contributed by atoms with Crippen molar-refractivity contribution >= 4 is 41.2 Å². The number of rotatable bonds is 7. The second-order valence-corrected chi connectivity index (χ2v) is 12.3. The normalized spacial score (nSPS) is 22.4. The molecular weight excluding hydrogens is 576 g/mol. The number of carbonyl (C=O) groups is 4. The minimum absolute atomic E-state index is 0.255. The lowest BCUT2D eigenvalue weighted by Gasteiger charge is -2.52. The van der Waals surface area contributed by atoms with Crippen LogP contribution < -0.4 is 15.6 Å². The highest BCUT2D eigenvalue weighted by atomic mass is 16.2. The third kappa shape index (κ3) is 4.55. The van der Waals surface area contributed by atoms with Gasteiger partial charge in [-0.3, -0.25) is 19.2 Å². The highest BCUT2D eigenvalue weighted by molar-refractivity contribution is 6.39. The van der Waals surface area contributed by atoms with Crippen LogP contribution in [0.15, 0.2) is 102 Å². The number of benzene rings is 4. The monoisotopic (exact) mass is 610 g/mol. The van der Waals surface area contributed by atoms with Crippen LogP contribution >= 0.6 is 0 Å². The van der Waals surface area contributed by atoms with Gasteiger partial charge < -0.3 is 5.32 Å². The predicted octanol–water partition coefficient (Wildman–Crippen LogP) is 5.63. The minimum atomic E-state index is -1.16. The molecule has 4 amide bonds. The zero-order valence-electron chi connectivity index (χ0n) is 25.7. The van der Waals surface area contributed by atoms with Gasteiger partial charge in [0.2, 0.25) is 11.8 Å². The summed E-state index contributed by atoms with van der Waals surface area (Å²) in [5, 5.41) is 6.96. The van der Waals surface area contributed by atoms with Crippen LogP contribution in [0.5, 0.6) is 0 Å². The number of hydrazone groups is 1. The maximum absolute atomic E-state index is 14.4. The average Bonchev–Trinajstić information content (AvgIpc) is 3.35. The SMILES string of the molecule is CCCCc1ccc(NC(=O)C(=O)N/N=C\C23c4ccccc4C(c4ccccc42)[C@@H]2C(=O)N(c4ccc(C)cc4)C(=O)[C@H]23)cc1. The Labute approximate surface area is 267 Å². The Morgan fingerprint density at radius 3 is 2.09 bits per heavy atom. The molecular formula is C38H34N4O4. The van der Waals surface area contributed by atoms with Crippen LogP contribution in [0.25, 0.3) is 0 Å². The van der Waals surface area contributed by atoms with Gasteiger partial charge in [0.1, 0.15) is 0 Å². The van der Waals surface area contributed by atoms with E-state index in [0.29, 0.717) is 11.4 Å². The molecule has 0 radical (unpaired) electrons. The fourth-order valence-electron chi connectivity index (χ4n) is 7.57. The molecule has 0 spiro atoms. The smallest absolute Gasteiger partial charge is 0.318 e. The molecule has 1 saturated heterocycles. The Kier molecular flexibility index (Phi) is 7.35. The van der Waals surface area contributed by atoms with E-state index < -0.39 is 29.1 Å². The number of hydrogen-bond donors (Lipinski definition) is 2. The lowest BCUT2D eigenvalue weighted by molar-refractivity contribution is -0.136. The number of amides is 4. The van der Waals surface area contributed by atoms with Crippen molar-refractivity contribution < 1.29 is 19.2 Å². The molecule has 1 aliphatic heterocycles. The van der Waals surface area contributed by atoms with Crippen LogP contribution in [0.1, 0.15) is 59.1 Å². The van der Waals surface area contributed by atoms with Crippen LogP contribution in [-0.2, 0) is 31.0 Å². The molecule has 4 aromatic carbocycles. The molecule has 2 bridgehead atoms. The van der Waals surface area contributed by atoms with Crippen LogP contribution in [0, 0.1) is 18.8 Å². The molecule has 3 aliphatic carbocycles. The summed E-state index contributed by atoms with van der Waals surface area (Å²) in [5.41, 5.74) is 8.07. The van der Waals surface area contributed by atoms with Crippen LogP contribution in [0.4, 0.5) is 11.4 Å². The summed E-state index contributed by atoms with van der Waals surface area (Å²) in [6.07, 6.45) is 4.67. The van der Waals surface area contributed by atoms with Gasteiger partial charge >= 0.3 is 11.8 Å². The third-order valence-electron chi connectivity index (χ3n) is 9.65. The highest BCUT2D eigenvalue weighted by Crippen LogP contribution is 2.63. The number of aryl methyl sites for hydroxylation is 2. The van der Waals surface area contributed by atoms with E-state index in [4.69, 9.17) is 0 Å². The Balaban J connectivity index is 1.23.